The monoisotopic (exact) mass is 348 g/mol. The molecule has 0 aliphatic heterocycles. The highest BCUT2D eigenvalue weighted by Crippen LogP contribution is 2.24. The number of aryl methyl sites for hydroxylation is 1. The Kier molecular flexibility index (Phi) is 5.93. The van der Waals surface area contributed by atoms with Crippen LogP contribution in [0.25, 0.3) is 0 Å². The molecule has 1 atom stereocenters. The molecule has 0 aliphatic rings. The molecule has 0 saturated heterocycles. The Hall–Kier alpha value is -2.40. The van der Waals surface area contributed by atoms with Gasteiger partial charge in [0.2, 0.25) is 11.8 Å². The molecule has 0 radical (unpaired) electrons. The zero-order chi connectivity index (χ0) is 17.7. The zero-order valence-electron chi connectivity index (χ0n) is 13.4. The van der Waals surface area contributed by atoms with Crippen LogP contribution in [0.1, 0.15) is 30.5 Å². The van der Waals surface area contributed by atoms with Crippen molar-refractivity contribution in [1.29, 1.82) is 0 Å². The summed E-state index contributed by atoms with van der Waals surface area (Å²) in [4.78, 5) is 23.7. The van der Waals surface area contributed by atoms with Gasteiger partial charge in [0.15, 0.2) is 0 Å². The molecular formula is C18H18ClFN2O2. The van der Waals surface area contributed by atoms with E-state index in [1.807, 2.05) is 31.2 Å². The van der Waals surface area contributed by atoms with Gasteiger partial charge in [-0.3, -0.25) is 9.59 Å². The van der Waals surface area contributed by atoms with Crippen LogP contribution in [-0.4, -0.2) is 11.8 Å². The van der Waals surface area contributed by atoms with Gasteiger partial charge in [-0.1, -0.05) is 41.4 Å². The molecule has 0 fully saturated rings. The van der Waals surface area contributed by atoms with E-state index in [1.54, 1.807) is 0 Å². The van der Waals surface area contributed by atoms with E-state index < -0.39 is 11.9 Å². The molecule has 24 heavy (non-hydrogen) atoms. The van der Waals surface area contributed by atoms with Crippen molar-refractivity contribution in [3.63, 3.8) is 0 Å². The van der Waals surface area contributed by atoms with Gasteiger partial charge in [-0.2, -0.15) is 0 Å². The first-order chi connectivity index (χ1) is 11.3. The van der Waals surface area contributed by atoms with Crippen LogP contribution in [0, 0.1) is 12.7 Å². The Labute approximate surface area is 145 Å². The van der Waals surface area contributed by atoms with Crippen molar-refractivity contribution in [2.45, 2.75) is 26.3 Å². The standard InChI is InChI=1S/C18H18ClFN2O2/c1-11-3-5-13(6-4-11)17(21-12(2)23)10-18(24)22-16-8-7-14(20)9-15(16)19/h3-9,17H,10H2,1-2H3,(H,21,23)(H,22,24). The van der Waals surface area contributed by atoms with Crippen LogP contribution >= 0.6 is 11.6 Å². The number of amides is 2. The number of anilines is 1. The number of halogens is 2. The van der Waals surface area contributed by atoms with Gasteiger partial charge in [-0.15, -0.1) is 0 Å². The maximum atomic E-state index is 13.0. The Morgan fingerprint density at radius 2 is 1.83 bits per heavy atom. The molecular weight excluding hydrogens is 331 g/mol. The van der Waals surface area contributed by atoms with Crippen molar-refractivity contribution < 1.29 is 14.0 Å². The highest BCUT2D eigenvalue weighted by atomic mass is 35.5. The molecule has 4 nitrogen and oxygen atoms in total. The summed E-state index contributed by atoms with van der Waals surface area (Å²) in [7, 11) is 0. The van der Waals surface area contributed by atoms with Crippen molar-refractivity contribution in [3.8, 4) is 0 Å². The van der Waals surface area contributed by atoms with Crippen LogP contribution in [0.2, 0.25) is 5.02 Å². The van der Waals surface area contributed by atoms with Crippen LogP contribution in [0.3, 0.4) is 0 Å². The lowest BCUT2D eigenvalue weighted by atomic mass is 10.0. The molecule has 0 heterocycles. The minimum atomic E-state index is -0.478. The van der Waals surface area contributed by atoms with E-state index in [0.717, 1.165) is 17.2 Å². The van der Waals surface area contributed by atoms with Crippen molar-refractivity contribution in [2.24, 2.45) is 0 Å². The number of carbonyl (C=O) groups excluding carboxylic acids is 2. The van der Waals surface area contributed by atoms with E-state index in [1.165, 1.54) is 19.1 Å². The van der Waals surface area contributed by atoms with Gasteiger partial charge in [0, 0.05) is 6.92 Å². The van der Waals surface area contributed by atoms with Crippen molar-refractivity contribution >= 4 is 29.1 Å². The first-order valence-corrected chi connectivity index (χ1v) is 7.81. The summed E-state index contributed by atoms with van der Waals surface area (Å²) in [5, 5.41) is 5.52. The van der Waals surface area contributed by atoms with Gasteiger partial charge in [-0.25, -0.2) is 4.39 Å². The molecule has 2 N–H and O–H groups in total. The minimum Gasteiger partial charge on any atom is -0.349 e. The summed E-state index contributed by atoms with van der Waals surface area (Å²) in [6.07, 6.45) is 0.0380. The molecule has 126 valence electrons. The quantitative estimate of drug-likeness (QED) is 0.858. The number of carbonyl (C=O) groups is 2. The summed E-state index contributed by atoms with van der Waals surface area (Å²) >= 11 is 5.90. The van der Waals surface area contributed by atoms with Crippen molar-refractivity contribution in [3.05, 3.63) is 64.4 Å². The topological polar surface area (TPSA) is 58.2 Å². The third-order valence-corrected chi connectivity index (χ3v) is 3.76. The summed E-state index contributed by atoms with van der Waals surface area (Å²) < 4.78 is 13.0. The smallest absolute Gasteiger partial charge is 0.226 e. The fourth-order valence-corrected chi connectivity index (χ4v) is 2.49. The Balaban J connectivity index is 2.12. The number of hydrogen-bond donors (Lipinski definition) is 2. The lowest BCUT2D eigenvalue weighted by Gasteiger charge is -2.18. The van der Waals surface area contributed by atoms with Gasteiger partial charge in [0.05, 0.1) is 23.2 Å². The fraction of sp³-hybridized carbons (Fsp3) is 0.222. The largest absolute Gasteiger partial charge is 0.349 e. The van der Waals surface area contributed by atoms with E-state index in [-0.39, 0.29) is 23.3 Å². The number of hydrogen-bond acceptors (Lipinski definition) is 2. The van der Waals surface area contributed by atoms with Gasteiger partial charge >= 0.3 is 0 Å². The fourth-order valence-electron chi connectivity index (χ4n) is 2.27. The maximum absolute atomic E-state index is 13.0. The Morgan fingerprint density at radius 1 is 1.17 bits per heavy atom. The van der Waals surface area contributed by atoms with Crippen LogP contribution in [-0.2, 0) is 9.59 Å². The number of rotatable bonds is 5. The second-order valence-electron chi connectivity index (χ2n) is 5.54. The Morgan fingerprint density at radius 3 is 2.42 bits per heavy atom. The summed E-state index contributed by atoms with van der Waals surface area (Å²) in [6.45, 7) is 3.36. The highest BCUT2D eigenvalue weighted by molar-refractivity contribution is 6.33. The molecule has 2 rings (SSSR count). The van der Waals surface area contributed by atoms with E-state index in [2.05, 4.69) is 10.6 Å². The molecule has 2 aromatic rings. The van der Waals surface area contributed by atoms with Crippen LogP contribution < -0.4 is 10.6 Å². The minimum absolute atomic E-state index is 0.0380. The number of nitrogens with one attached hydrogen (secondary N) is 2. The van der Waals surface area contributed by atoms with Crippen molar-refractivity contribution in [2.75, 3.05) is 5.32 Å². The van der Waals surface area contributed by atoms with E-state index in [4.69, 9.17) is 11.6 Å². The third kappa shape index (κ3) is 5.06. The van der Waals surface area contributed by atoms with E-state index in [9.17, 15) is 14.0 Å². The zero-order valence-corrected chi connectivity index (χ0v) is 14.2. The normalized spacial score (nSPS) is 11.7. The molecule has 0 aromatic heterocycles. The van der Waals surface area contributed by atoms with Gasteiger partial charge < -0.3 is 10.6 Å². The van der Waals surface area contributed by atoms with Gasteiger partial charge in [0.25, 0.3) is 0 Å². The Bertz CT molecular complexity index is 747. The SMILES string of the molecule is CC(=O)NC(CC(=O)Nc1ccc(F)cc1Cl)c1ccc(C)cc1. The average Bonchev–Trinajstić information content (AvgIpc) is 2.50. The second-order valence-corrected chi connectivity index (χ2v) is 5.95. The van der Waals surface area contributed by atoms with Gasteiger partial charge in [0.1, 0.15) is 5.82 Å². The predicted octanol–water partition coefficient (Wildman–Crippen LogP) is 3.99. The molecule has 0 aliphatic carbocycles. The second kappa shape index (κ2) is 7.93. The molecule has 0 spiro atoms. The van der Waals surface area contributed by atoms with Crippen LogP contribution in [0.15, 0.2) is 42.5 Å². The van der Waals surface area contributed by atoms with Gasteiger partial charge in [-0.05, 0) is 30.7 Å². The maximum Gasteiger partial charge on any atom is 0.226 e. The van der Waals surface area contributed by atoms with E-state index >= 15 is 0 Å². The first kappa shape index (κ1) is 17.9. The van der Waals surface area contributed by atoms with E-state index in [0.29, 0.717) is 5.69 Å². The average molecular weight is 349 g/mol. The lowest BCUT2D eigenvalue weighted by Crippen LogP contribution is -2.29. The highest BCUT2D eigenvalue weighted by Gasteiger charge is 2.18. The predicted molar refractivity (Wildman–Crippen MR) is 92.4 cm³/mol. The third-order valence-electron chi connectivity index (χ3n) is 3.45. The molecule has 6 heteroatoms. The number of benzene rings is 2. The van der Waals surface area contributed by atoms with Crippen molar-refractivity contribution in [1.82, 2.24) is 5.32 Å². The molecule has 2 aromatic carbocycles. The summed E-state index contributed by atoms with van der Waals surface area (Å²) in [6, 6.07) is 10.9. The molecule has 2 amide bonds. The molecule has 0 saturated carbocycles. The summed E-state index contributed by atoms with van der Waals surface area (Å²) in [5.74, 6) is -1.04. The van der Waals surface area contributed by atoms with Crippen LogP contribution in [0.5, 0.6) is 0 Å². The molecule has 1 unspecified atom stereocenters. The van der Waals surface area contributed by atoms with Crippen LogP contribution in [0.4, 0.5) is 10.1 Å². The lowest BCUT2D eigenvalue weighted by molar-refractivity contribution is -0.120. The molecule has 0 bridgehead atoms. The first-order valence-electron chi connectivity index (χ1n) is 7.43. The summed E-state index contributed by atoms with van der Waals surface area (Å²) in [5.41, 5.74) is 2.24.